The number of hydrogen-bond acceptors (Lipinski definition) is 6. The number of aromatic nitrogens is 2. The summed E-state index contributed by atoms with van der Waals surface area (Å²) in [4.78, 5) is 40.0. The number of likely N-dealkylation sites (tertiary alicyclic amines) is 1. The molecule has 154 valence electrons. The lowest BCUT2D eigenvalue weighted by atomic mass is 10.1. The van der Waals surface area contributed by atoms with Crippen molar-refractivity contribution >= 4 is 23.6 Å². The van der Waals surface area contributed by atoms with Crippen molar-refractivity contribution < 1.29 is 9.59 Å². The second kappa shape index (κ2) is 9.69. The van der Waals surface area contributed by atoms with Crippen molar-refractivity contribution in [1.82, 2.24) is 24.7 Å². The highest BCUT2D eigenvalue weighted by Gasteiger charge is 2.25. The first-order valence-corrected chi connectivity index (χ1v) is 11.4. The molecule has 2 saturated heterocycles. The van der Waals surface area contributed by atoms with Crippen LogP contribution in [0.15, 0.2) is 5.16 Å². The first kappa shape index (κ1) is 21.0. The van der Waals surface area contributed by atoms with Gasteiger partial charge in [-0.15, -0.1) is 0 Å². The van der Waals surface area contributed by atoms with Gasteiger partial charge in [0.05, 0.1) is 6.54 Å². The summed E-state index contributed by atoms with van der Waals surface area (Å²) in [5.41, 5.74) is 3.02. The zero-order chi connectivity index (χ0) is 20.1. The highest BCUT2D eigenvalue weighted by molar-refractivity contribution is 7.98. The zero-order valence-electron chi connectivity index (χ0n) is 17.2. The van der Waals surface area contributed by atoms with E-state index in [-0.39, 0.29) is 11.8 Å². The summed E-state index contributed by atoms with van der Waals surface area (Å²) in [5, 5.41) is 0.782. The number of rotatable bonds is 6. The van der Waals surface area contributed by atoms with Gasteiger partial charge in [-0.25, -0.2) is 9.97 Å². The number of aryl methyl sites for hydroxylation is 2. The van der Waals surface area contributed by atoms with Gasteiger partial charge < -0.3 is 9.80 Å². The monoisotopic (exact) mass is 405 g/mol. The molecule has 0 spiro atoms. The van der Waals surface area contributed by atoms with Crippen molar-refractivity contribution in [3.8, 4) is 0 Å². The number of carbonyl (C=O) groups excluding carboxylic acids is 2. The number of thioether (sulfide) groups is 1. The zero-order valence-corrected chi connectivity index (χ0v) is 18.1. The van der Waals surface area contributed by atoms with Gasteiger partial charge in [0.25, 0.3) is 0 Å². The molecule has 8 heteroatoms. The van der Waals surface area contributed by atoms with Crippen LogP contribution in [0.5, 0.6) is 0 Å². The van der Waals surface area contributed by atoms with Gasteiger partial charge in [-0.1, -0.05) is 11.8 Å². The minimum atomic E-state index is 0.179. The molecular weight excluding hydrogens is 374 g/mol. The first-order valence-electron chi connectivity index (χ1n) is 10.1. The summed E-state index contributed by atoms with van der Waals surface area (Å²) in [5.74, 6) is 0.412. The molecule has 3 heterocycles. The van der Waals surface area contributed by atoms with Crippen LogP contribution in [-0.2, 0) is 16.0 Å². The van der Waals surface area contributed by atoms with Crippen molar-refractivity contribution in [3.05, 3.63) is 17.0 Å². The molecule has 0 aromatic carbocycles. The van der Waals surface area contributed by atoms with Crippen LogP contribution in [0.4, 0.5) is 0 Å². The third-order valence-corrected chi connectivity index (χ3v) is 6.26. The number of piperazine rings is 1. The average Bonchev–Trinajstić information content (AvgIpc) is 3.22. The Morgan fingerprint density at radius 3 is 2.04 bits per heavy atom. The van der Waals surface area contributed by atoms with Crippen LogP contribution in [0.3, 0.4) is 0 Å². The van der Waals surface area contributed by atoms with Crippen LogP contribution in [0.1, 0.15) is 36.2 Å². The number of carbonyl (C=O) groups is 2. The molecular formula is C20H31N5O2S. The third-order valence-electron chi connectivity index (χ3n) is 5.71. The predicted octanol–water partition coefficient (Wildman–Crippen LogP) is 1.51. The van der Waals surface area contributed by atoms with E-state index in [0.717, 1.165) is 61.1 Å². The highest BCUT2D eigenvalue weighted by Crippen LogP contribution is 2.18. The van der Waals surface area contributed by atoms with E-state index in [1.807, 2.05) is 29.9 Å². The van der Waals surface area contributed by atoms with Gasteiger partial charge in [-0.2, -0.15) is 0 Å². The molecule has 7 nitrogen and oxygen atoms in total. The van der Waals surface area contributed by atoms with E-state index < -0.39 is 0 Å². The van der Waals surface area contributed by atoms with Gasteiger partial charge >= 0.3 is 0 Å². The Morgan fingerprint density at radius 1 is 0.893 bits per heavy atom. The summed E-state index contributed by atoms with van der Waals surface area (Å²) in [6, 6.07) is 0. The van der Waals surface area contributed by atoms with Crippen LogP contribution in [0.25, 0.3) is 0 Å². The van der Waals surface area contributed by atoms with E-state index in [0.29, 0.717) is 32.5 Å². The fourth-order valence-electron chi connectivity index (χ4n) is 3.97. The normalized spacial score (nSPS) is 18.0. The van der Waals surface area contributed by atoms with E-state index in [9.17, 15) is 9.59 Å². The van der Waals surface area contributed by atoms with Crippen molar-refractivity contribution in [2.75, 3.05) is 52.1 Å². The van der Waals surface area contributed by atoms with E-state index in [4.69, 9.17) is 0 Å². The molecule has 0 unspecified atom stereocenters. The predicted molar refractivity (Wildman–Crippen MR) is 110 cm³/mol. The highest BCUT2D eigenvalue weighted by atomic mass is 32.2. The Hall–Kier alpha value is -1.67. The van der Waals surface area contributed by atoms with Crippen LogP contribution in [0.2, 0.25) is 0 Å². The summed E-state index contributed by atoms with van der Waals surface area (Å²) in [7, 11) is 0. The molecule has 2 aliphatic rings. The molecule has 0 N–H and O–H groups in total. The Bertz CT molecular complexity index is 690. The first-order chi connectivity index (χ1) is 13.5. The maximum Gasteiger partial charge on any atom is 0.236 e. The molecule has 0 radical (unpaired) electrons. The topological polar surface area (TPSA) is 69.6 Å². The molecule has 2 amide bonds. The van der Waals surface area contributed by atoms with Gasteiger partial charge in [0.1, 0.15) is 0 Å². The maximum absolute atomic E-state index is 12.6. The summed E-state index contributed by atoms with van der Waals surface area (Å²) >= 11 is 1.54. The molecule has 1 aromatic heterocycles. The Balaban J connectivity index is 1.44. The van der Waals surface area contributed by atoms with E-state index in [2.05, 4.69) is 14.9 Å². The molecule has 3 rings (SSSR count). The van der Waals surface area contributed by atoms with E-state index >= 15 is 0 Å². The second-order valence-corrected chi connectivity index (χ2v) is 8.38. The van der Waals surface area contributed by atoms with Crippen molar-refractivity contribution in [2.45, 2.75) is 44.7 Å². The minimum Gasteiger partial charge on any atom is -0.342 e. The Labute approximate surface area is 171 Å². The van der Waals surface area contributed by atoms with Crippen molar-refractivity contribution in [1.29, 1.82) is 0 Å². The van der Waals surface area contributed by atoms with Gasteiger partial charge in [-0.05, 0) is 44.9 Å². The van der Waals surface area contributed by atoms with Crippen molar-refractivity contribution in [3.63, 3.8) is 0 Å². The molecule has 0 aliphatic carbocycles. The number of nitrogens with zero attached hydrogens (tertiary/aromatic N) is 5. The lowest BCUT2D eigenvalue weighted by molar-refractivity contribution is -0.134. The average molecular weight is 406 g/mol. The second-order valence-electron chi connectivity index (χ2n) is 7.60. The van der Waals surface area contributed by atoms with Crippen LogP contribution < -0.4 is 0 Å². The molecule has 2 fully saturated rings. The largest absolute Gasteiger partial charge is 0.342 e. The van der Waals surface area contributed by atoms with Gasteiger partial charge in [0.2, 0.25) is 11.8 Å². The molecule has 28 heavy (non-hydrogen) atoms. The van der Waals surface area contributed by atoms with Gasteiger partial charge in [0.15, 0.2) is 5.16 Å². The number of hydrogen-bond donors (Lipinski definition) is 0. The fourth-order valence-corrected chi connectivity index (χ4v) is 4.42. The van der Waals surface area contributed by atoms with E-state index in [1.165, 1.54) is 11.8 Å². The molecule has 0 bridgehead atoms. The summed E-state index contributed by atoms with van der Waals surface area (Å²) in [6.07, 6.45) is 5.38. The number of amides is 2. The standard InChI is InChI=1S/C20H31N5O2S/c1-15-17(16(2)22-20(21-15)28-3)6-7-18(26)25-12-10-23(11-13-25)14-19(27)24-8-4-5-9-24/h4-14H2,1-3H3. The van der Waals surface area contributed by atoms with Gasteiger partial charge in [0, 0.05) is 57.1 Å². The quantitative estimate of drug-likeness (QED) is 0.528. The maximum atomic E-state index is 12.6. The third kappa shape index (κ3) is 5.23. The lowest BCUT2D eigenvalue weighted by Gasteiger charge is -2.35. The molecule has 0 atom stereocenters. The van der Waals surface area contributed by atoms with Crippen LogP contribution in [-0.4, -0.2) is 88.6 Å². The molecule has 0 saturated carbocycles. The van der Waals surface area contributed by atoms with Crippen LogP contribution >= 0.6 is 11.8 Å². The van der Waals surface area contributed by atoms with Crippen molar-refractivity contribution in [2.24, 2.45) is 0 Å². The van der Waals surface area contributed by atoms with Gasteiger partial charge in [-0.3, -0.25) is 14.5 Å². The fraction of sp³-hybridized carbons (Fsp3) is 0.700. The summed E-state index contributed by atoms with van der Waals surface area (Å²) in [6.45, 7) is 9.21. The SMILES string of the molecule is CSc1nc(C)c(CCC(=O)N2CCN(CC(=O)N3CCCC3)CC2)c(C)n1. The molecule has 1 aromatic rings. The lowest BCUT2D eigenvalue weighted by Crippen LogP contribution is -2.51. The van der Waals surface area contributed by atoms with Crippen LogP contribution in [0, 0.1) is 13.8 Å². The van der Waals surface area contributed by atoms with E-state index in [1.54, 1.807) is 0 Å². The smallest absolute Gasteiger partial charge is 0.236 e. The Morgan fingerprint density at radius 2 is 1.46 bits per heavy atom. The minimum absolute atomic E-state index is 0.179. The molecule has 2 aliphatic heterocycles. The Kier molecular flexibility index (Phi) is 7.29. The summed E-state index contributed by atoms with van der Waals surface area (Å²) < 4.78 is 0.